The minimum Gasteiger partial charge on any atom is -0.481 e. The summed E-state index contributed by atoms with van der Waals surface area (Å²) in [6.07, 6.45) is 0. The smallest absolute Gasteiger partial charge is 0.313 e. The molecule has 0 amide bonds. The number of carboxylic acids is 1. The van der Waals surface area contributed by atoms with E-state index in [1.165, 1.54) is 11.8 Å². The molecular formula is C12H10BrClN2O2S. The fraction of sp³-hybridized carbons (Fsp3) is 0.167. The zero-order valence-electron chi connectivity index (χ0n) is 9.77. The van der Waals surface area contributed by atoms with E-state index in [1.54, 1.807) is 6.07 Å². The Morgan fingerprint density at radius 1 is 1.58 bits per heavy atom. The van der Waals surface area contributed by atoms with Crippen LogP contribution in [0, 0.1) is 0 Å². The van der Waals surface area contributed by atoms with Gasteiger partial charge in [-0.1, -0.05) is 45.9 Å². The fourth-order valence-electron chi connectivity index (χ4n) is 1.63. The van der Waals surface area contributed by atoms with Gasteiger partial charge in [-0.3, -0.25) is 4.79 Å². The molecule has 19 heavy (non-hydrogen) atoms. The number of carbonyl (C=O) groups is 1. The maximum Gasteiger partial charge on any atom is 0.313 e. The maximum absolute atomic E-state index is 10.7. The molecule has 4 nitrogen and oxygen atoms in total. The highest BCUT2D eigenvalue weighted by molar-refractivity contribution is 9.11. The van der Waals surface area contributed by atoms with Crippen molar-refractivity contribution in [3.05, 3.63) is 34.3 Å². The van der Waals surface area contributed by atoms with Gasteiger partial charge in [0.2, 0.25) is 0 Å². The number of rotatable bonds is 5. The molecule has 100 valence electrons. The molecule has 0 radical (unpaired) electrons. The third-order valence-corrected chi connectivity index (χ3v) is 3.78. The predicted molar refractivity (Wildman–Crippen MR) is 81.2 cm³/mol. The molecule has 0 aliphatic rings. The summed E-state index contributed by atoms with van der Waals surface area (Å²) in [5.74, 6) is -0.912. The molecule has 0 aliphatic heterocycles. The van der Waals surface area contributed by atoms with Crippen LogP contribution < -0.4 is 0 Å². The number of hydrogen-bond acceptors (Lipinski definition) is 3. The van der Waals surface area contributed by atoms with Gasteiger partial charge in [-0.15, -0.1) is 0 Å². The van der Waals surface area contributed by atoms with Gasteiger partial charge in [-0.05, 0) is 18.2 Å². The molecular weight excluding hydrogens is 352 g/mol. The Bertz CT molecular complexity index is 656. The Kier molecular flexibility index (Phi) is 4.54. The van der Waals surface area contributed by atoms with E-state index in [-0.39, 0.29) is 5.75 Å². The molecule has 0 aliphatic carbocycles. The lowest BCUT2D eigenvalue weighted by atomic mass is 10.3. The second kappa shape index (κ2) is 5.98. The van der Waals surface area contributed by atoms with Crippen molar-refractivity contribution in [2.24, 2.45) is 0 Å². The molecule has 2 rings (SSSR count). The molecule has 1 aromatic carbocycles. The average molecular weight is 362 g/mol. The number of aromatic nitrogens is 2. The first-order valence-corrected chi connectivity index (χ1v) is 7.46. The summed E-state index contributed by atoms with van der Waals surface area (Å²) >= 11 is 10.5. The van der Waals surface area contributed by atoms with E-state index >= 15 is 0 Å². The number of thioether (sulfide) groups is 1. The normalized spacial score (nSPS) is 10.8. The minimum atomic E-state index is -0.876. The van der Waals surface area contributed by atoms with Crippen LogP contribution in [0.15, 0.2) is 34.4 Å². The maximum atomic E-state index is 10.7. The van der Waals surface area contributed by atoms with E-state index in [1.807, 2.05) is 16.7 Å². The van der Waals surface area contributed by atoms with Crippen LogP contribution in [-0.2, 0) is 11.3 Å². The summed E-state index contributed by atoms with van der Waals surface area (Å²) in [4.78, 5) is 15.1. The molecule has 0 saturated heterocycles. The lowest BCUT2D eigenvalue weighted by Gasteiger charge is -2.07. The van der Waals surface area contributed by atoms with E-state index < -0.39 is 5.97 Å². The Labute approximate surface area is 127 Å². The SMILES string of the molecule is C=C(Br)Cn1c(SCC(=O)O)nc2ccc(Cl)cc21. The summed E-state index contributed by atoms with van der Waals surface area (Å²) in [5.41, 5.74) is 1.65. The van der Waals surface area contributed by atoms with Crippen LogP contribution in [0.25, 0.3) is 11.0 Å². The lowest BCUT2D eigenvalue weighted by molar-refractivity contribution is -0.133. The Morgan fingerprint density at radius 3 is 2.95 bits per heavy atom. The van der Waals surface area contributed by atoms with Crippen molar-refractivity contribution in [2.45, 2.75) is 11.7 Å². The van der Waals surface area contributed by atoms with Gasteiger partial charge in [0.25, 0.3) is 0 Å². The Hall–Kier alpha value is -0.980. The predicted octanol–water partition coefficient (Wildman–Crippen LogP) is 3.78. The van der Waals surface area contributed by atoms with Crippen molar-refractivity contribution in [1.82, 2.24) is 9.55 Å². The van der Waals surface area contributed by atoms with Crippen molar-refractivity contribution in [2.75, 3.05) is 5.75 Å². The molecule has 0 atom stereocenters. The third kappa shape index (κ3) is 3.52. The van der Waals surface area contributed by atoms with Crippen LogP contribution in [0.2, 0.25) is 5.02 Å². The Balaban J connectivity index is 2.48. The monoisotopic (exact) mass is 360 g/mol. The fourth-order valence-corrected chi connectivity index (χ4v) is 2.79. The second-order valence-corrected chi connectivity index (χ2v) is 6.31. The number of nitrogens with zero attached hydrogens (tertiary/aromatic N) is 2. The third-order valence-electron chi connectivity index (χ3n) is 2.33. The topological polar surface area (TPSA) is 55.1 Å². The highest BCUT2D eigenvalue weighted by Crippen LogP contribution is 2.27. The lowest BCUT2D eigenvalue weighted by Crippen LogP contribution is -2.03. The van der Waals surface area contributed by atoms with Gasteiger partial charge < -0.3 is 9.67 Å². The van der Waals surface area contributed by atoms with Crippen molar-refractivity contribution in [3.8, 4) is 0 Å². The van der Waals surface area contributed by atoms with Crippen molar-refractivity contribution in [3.63, 3.8) is 0 Å². The largest absolute Gasteiger partial charge is 0.481 e. The van der Waals surface area contributed by atoms with Crippen molar-refractivity contribution < 1.29 is 9.90 Å². The van der Waals surface area contributed by atoms with E-state index in [9.17, 15) is 4.79 Å². The van der Waals surface area contributed by atoms with Crippen LogP contribution >= 0.6 is 39.3 Å². The highest BCUT2D eigenvalue weighted by Gasteiger charge is 2.13. The molecule has 0 unspecified atom stereocenters. The molecule has 1 N–H and O–H groups in total. The summed E-state index contributed by atoms with van der Waals surface area (Å²) in [6.45, 7) is 4.32. The van der Waals surface area contributed by atoms with Gasteiger partial charge in [0.1, 0.15) is 0 Å². The first kappa shape index (κ1) is 14.4. The van der Waals surface area contributed by atoms with Gasteiger partial charge in [-0.2, -0.15) is 0 Å². The van der Waals surface area contributed by atoms with Gasteiger partial charge in [0, 0.05) is 9.51 Å². The minimum absolute atomic E-state index is 0.0359. The number of benzene rings is 1. The number of allylic oxidation sites excluding steroid dienone is 1. The number of aliphatic carboxylic acids is 1. The summed E-state index contributed by atoms with van der Waals surface area (Å²) in [7, 11) is 0. The van der Waals surface area contributed by atoms with E-state index in [0.717, 1.165) is 15.5 Å². The summed E-state index contributed by atoms with van der Waals surface area (Å²) in [6, 6.07) is 5.39. The van der Waals surface area contributed by atoms with Gasteiger partial charge >= 0.3 is 5.97 Å². The first-order valence-electron chi connectivity index (χ1n) is 5.31. The highest BCUT2D eigenvalue weighted by atomic mass is 79.9. The van der Waals surface area contributed by atoms with Crippen molar-refractivity contribution in [1.29, 1.82) is 0 Å². The standard InChI is InChI=1S/C12H10BrClN2O2S/c1-7(13)5-16-10-4-8(14)2-3-9(10)15-12(16)19-6-11(17)18/h2-4H,1,5-6H2,(H,17,18). The zero-order chi connectivity index (χ0) is 14.0. The molecule has 0 spiro atoms. The number of fused-ring (bicyclic) bond motifs is 1. The molecule has 1 heterocycles. The quantitative estimate of drug-likeness (QED) is 0.824. The average Bonchev–Trinajstić information content (AvgIpc) is 2.64. The Morgan fingerprint density at radius 2 is 2.32 bits per heavy atom. The molecule has 0 fully saturated rings. The summed E-state index contributed by atoms with van der Waals surface area (Å²) < 4.78 is 2.68. The second-order valence-electron chi connectivity index (χ2n) is 3.81. The summed E-state index contributed by atoms with van der Waals surface area (Å²) in [5, 5.41) is 10.0. The van der Waals surface area contributed by atoms with E-state index in [0.29, 0.717) is 16.7 Å². The van der Waals surface area contributed by atoms with Crippen LogP contribution in [0.3, 0.4) is 0 Å². The number of carboxylic acid groups (broad SMARTS) is 1. The van der Waals surface area contributed by atoms with Gasteiger partial charge in [0.05, 0.1) is 23.3 Å². The number of imidazole rings is 1. The number of hydrogen-bond donors (Lipinski definition) is 1. The molecule has 2 aromatic rings. The van der Waals surface area contributed by atoms with Gasteiger partial charge in [0.15, 0.2) is 5.16 Å². The van der Waals surface area contributed by atoms with E-state index in [2.05, 4.69) is 27.5 Å². The van der Waals surface area contributed by atoms with Crippen LogP contribution in [0.1, 0.15) is 0 Å². The van der Waals surface area contributed by atoms with Crippen molar-refractivity contribution >= 4 is 56.3 Å². The molecule has 1 aromatic heterocycles. The molecule has 0 bridgehead atoms. The number of halogens is 2. The molecule has 0 saturated carbocycles. The van der Waals surface area contributed by atoms with Gasteiger partial charge in [-0.25, -0.2) is 4.98 Å². The van der Waals surface area contributed by atoms with Crippen LogP contribution in [0.4, 0.5) is 0 Å². The zero-order valence-corrected chi connectivity index (χ0v) is 12.9. The van der Waals surface area contributed by atoms with E-state index in [4.69, 9.17) is 16.7 Å². The molecule has 7 heteroatoms. The van der Waals surface area contributed by atoms with Crippen LogP contribution in [-0.4, -0.2) is 26.4 Å². The van der Waals surface area contributed by atoms with Crippen LogP contribution in [0.5, 0.6) is 0 Å². The first-order chi connectivity index (χ1) is 8.97.